The van der Waals surface area contributed by atoms with E-state index in [1.165, 1.54) is 0 Å². The fourth-order valence-electron chi connectivity index (χ4n) is 1.01. The molecular weight excluding hydrogens is 246 g/mol. The summed E-state index contributed by atoms with van der Waals surface area (Å²) in [5.41, 5.74) is 0.630. The summed E-state index contributed by atoms with van der Waals surface area (Å²) >= 11 is 0. The third kappa shape index (κ3) is 5.95. The Balaban J connectivity index is 0.000000318. The molecule has 0 fully saturated rings. The van der Waals surface area contributed by atoms with Crippen molar-refractivity contribution in [3.63, 3.8) is 0 Å². The Bertz CT molecular complexity index is 306. The molecule has 1 radical (unpaired) electrons. The van der Waals surface area contributed by atoms with E-state index >= 15 is 0 Å². The molecule has 0 atom stereocenters. The van der Waals surface area contributed by atoms with Gasteiger partial charge in [-0.15, -0.1) is 5.46 Å². The zero-order valence-electron chi connectivity index (χ0n) is 8.51. The summed E-state index contributed by atoms with van der Waals surface area (Å²) in [7, 11) is -0.586. The van der Waals surface area contributed by atoms with E-state index in [2.05, 4.69) is 4.57 Å². The fourth-order valence-corrected chi connectivity index (χ4v) is 1.01. The normalized spacial score (nSPS) is 8.38. The molecule has 16 heavy (non-hydrogen) atoms. The van der Waals surface area contributed by atoms with Gasteiger partial charge in [0.25, 0.3) is 0 Å². The van der Waals surface area contributed by atoms with E-state index in [-0.39, 0.29) is 17.1 Å². The Kier molecular flexibility index (Phi) is 9.00. The maximum absolute atomic E-state index is 9.00. The summed E-state index contributed by atoms with van der Waals surface area (Å²) in [5, 5.41) is 17.1. The summed E-state index contributed by atoms with van der Waals surface area (Å²) in [6, 6.07) is 17.0. The standard InChI is InChI=1S/C5H6B2O3.C5H5.Fe/c8-6-10-7(9)5-3-1-2-4-5;1-2-4-5-3-1;/h1-4,8-9H;1-5H;/q2*-1;+2. The third-order valence-corrected chi connectivity index (χ3v) is 1.72. The topological polar surface area (TPSA) is 49.7 Å². The molecule has 2 N–H and O–H groups in total. The average molecular weight is 257 g/mol. The molecule has 3 nitrogen and oxygen atoms in total. The summed E-state index contributed by atoms with van der Waals surface area (Å²) in [4.78, 5) is 0. The molecule has 0 saturated carbocycles. The van der Waals surface area contributed by atoms with Gasteiger partial charge in [0.15, 0.2) is 0 Å². The van der Waals surface area contributed by atoms with Crippen LogP contribution >= 0.6 is 0 Å². The van der Waals surface area contributed by atoms with Gasteiger partial charge < -0.3 is 14.6 Å². The minimum Gasteiger partial charge on any atom is -0.451 e. The van der Waals surface area contributed by atoms with E-state index in [9.17, 15) is 0 Å². The second kappa shape index (κ2) is 9.45. The van der Waals surface area contributed by atoms with Crippen molar-refractivity contribution in [2.75, 3.05) is 0 Å². The van der Waals surface area contributed by atoms with Crippen LogP contribution in [0.2, 0.25) is 0 Å². The molecule has 0 unspecified atom stereocenters. The fraction of sp³-hybridized carbons (Fsp3) is 0. The Morgan fingerprint density at radius 2 is 1.88 bits per heavy atom. The van der Waals surface area contributed by atoms with Gasteiger partial charge in [-0.05, 0) is 0 Å². The van der Waals surface area contributed by atoms with Crippen molar-refractivity contribution in [2.24, 2.45) is 0 Å². The minimum absolute atomic E-state index is 0. The van der Waals surface area contributed by atoms with Crippen LogP contribution in [0.1, 0.15) is 0 Å². The summed E-state index contributed by atoms with van der Waals surface area (Å²) in [6.45, 7) is 0. The summed E-state index contributed by atoms with van der Waals surface area (Å²) < 4.78 is 4.37. The van der Waals surface area contributed by atoms with Crippen LogP contribution in [0.25, 0.3) is 0 Å². The molecule has 0 saturated heterocycles. The molecule has 0 amide bonds. The monoisotopic (exact) mass is 257 g/mol. The van der Waals surface area contributed by atoms with Gasteiger partial charge in [0.05, 0.1) is 0 Å². The molecule has 0 aliphatic rings. The van der Waals surface area contributed by atoms with E-state index in [4.69, 9.17) is 10.0 Å². The first-order chi connectivity index (χ1) is 7.34. The Hall–Kier alpha value is -0.771. The molecule has 0 aromatic heterocycles. The van der Waals surface area contributed by atoms with E-state index < -0.39 is 7.12 Å². The molecular formula is C10H11B2FeO3. The number of rotatable bonds is 3. The van der Waals surface area contributed by atoms with Crippen molar-refractivity contribution in [3.05, 3.63) is 54.6 Å². The van der Waals surface area contributed by atoms with Crippen molar-refractivity contribution >= 4 is 20.3 Å². The summed E-state index contributed by atoms with van der Waals surface area (Å²) in [5.74, 6) is 0. The van der Waals surface area contributed by atoms with Gasteiger partial charge >= 0.3 is 31.9 Å². The zero-order chi connectivity index (χ0) is 10.9. The van der Waals surface area contributed by atoms with E-state index in [1.807, 2.05) is 30.3 Å². The molecule has 0 heterocycles. The van der Waals surface area contributed by atoms with Crippen molar-refractivity contribution < 1.29 is 31.7 Å². The Morgan fingerprint density at radius 3 is 2.25 bits per heavy atom. The zero-order valence-corrected chi connectivity index (χ0v) is 9.61. The number of hydrogen-bond donors (Lipinski definition) is 2. The first kappa shape index (κ1) is 15.2. The molecule has 2 aromatic carbocycles. The molecule has 83 valence electrons. The van der Waals surface area contributed by atoms with Crippen LogP contribution in [0.4, 0.5) is 0 Å². The van der Waals surface area contributed by atoms with Crippen molar-refractivity contribution in [2.45, 2.75) is 0 Å². The van der Waals surface area contributed by atoms with Crippen LogP contribution in [-0.4, -0.2) is 24.9 Å². The molecule has 6 heteroatoms. The molecule has 0 aliphatic heterocycles. The van der Waals surface area contributed by atoms with Crippen molar-refractivity contribution in [1.29, 1.82) is 0 Å². The first-order valence-corrected chi connectivity index (χ1v) is 4.52. The van der Waals surface area contributed by atoms with Crippen molar-refractivity contribution in [1.82, 2.24) is 0 Å². The van der Waals surface area contributed by atoms with Gasteiger partial charge in [-0.2, -0.15) is 30.3 Å². The van der Waals surface area contributed by atoms with Gasteiger partial charge in [0, 0.05) is 0 Å². The predicted octanol–water partition coefficient (Wildman–Crippen LogP) is 0.0391. The maximum Gasteiger partial charge on any atom is 2.00 e. The minimum atomic E-state index is -1.06. The Morgan fingerprint density at radius 1 is 1.19 bits per heavy atom. The molecule has 0 spiro atoms. The molecule has 0 aliphatic carbocycles. The van der Waals surface area contributed by atoms with E-state index in [0.29, 0.717) is 13.1 Å². The van der Waals surface area contributed by atoms with E-state index in [1.54, 1.807) is 24.3 Å². The predicted molar refractivity (Wildman–Crippen MR) is 60.7 cm³/mol. The van der Waals surface area contributed by atoms with Gasteiger partial charge in [0.1, 0.15) is 0 Å². The van der Waals surface area contributed by atoms with Crippen LogP contribution in [-0.2, 0) is 21.6 Å². The second-order valence-electron chi connectivity index (χ2n) is 2.77. The van der Waals surface area contributed by atoms with E-state index in [0.717, 1.165) is 0 Å². The van der Waals surface area contributed by atoms with Gasteiger partial charge in [0.2, 0.25) is 0 Å². The van der Waals surface area contributed by atoms with Crippen LogP contribution in [0.15, 0.2) is 54.6 Å². The molecule has 2 aromatic rings. The maximum atomic E-state index is 9.00. The SMILES string of the molecule is O[B]OB(O)c1ccc[cH-]1.[Fe+2].c1cc[cH-]c1. The van der Waals surface area contributed by atoms with Crippen LogP contribution in [0.3, 0.4) is 0 Å². The summed E-state index contributed by atoms with van der Waals surface area (Å²) in [6.07, 6.45) is 0. The Labute approximate surface area is 107 Å². The quantitative estimate of drug-likeness (QED) is 0.602. The van der Waals surface area contributed by atoms with Gasteiger partial charge in [-0.25, -0.2) is 24.3 Å². The molecule has 0 bridgehead atoms. The smallest absolute Gasteiger partial charge is 0.451 e. The average Bonchev–Trinajstić information content (AvgIpc) is 2.95. The largest absolute Gasteiger partial charge is 2.00 e. The number of hydrogen-bond acceptors (Lipinski definition) is 3. The van der Waals surface area contributed by atoms with Crippen LogP contribution in [0.5, 0.6) is 0 Å². The third-order valence-electron chi connectivity index (χ3n) is 1.72. The second-order valence-corrected chi connectivity index (χ2v) is 2.77. The van der Waals surface area contributed by atoms with Crippen LogP contribution < -0.4 is 5.46 Å². The van der Waals surface area contributed by atoms with Crippen LogP contribution in [0, 0.1) is 0 Å². The van der Waals surface area contributed by atoms with Gasteiger partial charge in [-0.3, -0.25) is 0 Å². The first-order valence-electron chi connectivity index (χ1n) is 4.52. The van der Waals surface area contributed by atoms with Gasteiger partial charge in [-0.1, -0.05) is 0 Å². The van der Waals surface area contributed by atoms with Crippen molar-refractivity contribution in [3.8, 4) is 0 Å². The molecule has 2 rings (SSSR count).